The Morgan fingerprint density at radius 2 is 2.07 bits per heavy atom. The first-order valence-electron chi connectivity index (χ1n) is 8.83. The van der Waals surface area contributed by atoms with Gasteiger partial charge in [-0.2, -0.15) is 5.26 Å². The molecule has 0 bridgehead atoms. The summed E-state index contributed by atoms with van der Waals surface area (Å²) in [5.41, 5.74) is 3.94. The number of aromatic nitrogens is 4. The summed E-state index contributed by atoms with van der Waals surface area (Å²) >= 11 is 1.42. The molecule has 1 aromatic carbocycles. The van der Waals surface area contributed by atoms with Gasteiger partial charge in [0.1, 0.15) is 16.8 Å². The molecule has 0 radical (unpaired) electrons. The van der Waals surface area contributed by atoms with Crippen LogP contribution in [-0.2, 0) is 0 Å². The van der Waals surface area contributed by atoms with Crippen LogP contribution in [0.1, 0.15) is 32.4 Å². The van der Waals surface area contributed by atoms with Crippen molar-refractivity contribution in [2.75, 3.05) is 12.4 Å². The number of thiazole rings is 1. The summed E-state index contributed by atoms with van der Waals surface area (Å²) in [5.74, 6) is 0.778. The molecule has 146 valence electrons. The van der Waals surface area contributed by atoms with E-state index < -0.39 is 0 Å². The van der Waals surface area contributed by atoms with Crippen LogP contribution < -0.4 is 10.1 Å². The van der Waals surface area contributed by atoms with Crippen molar-refractivity contribution in [3.8, 4) is 16.8 Å². The molecule has 0 saturated heterocycles. The van der Waals surface area contributed by atoms with Gasteiger partial charge in [-0.1, -0.05) is 11.3 Å². The minimum Gasteiger partial charge on any atom is -0.497 e. The predicted molar refractivity (Wildman–Crippen MR) is 111 cm³/mol. The van der Waals surface area contributed by atoms with Crippen molar-refractivity contribution in [2.24, 2.45) is 0 Å². The Hall–Kier alpha value is -3.64. The van der Waals surface area contributed by atoms with Gasteiger partial charge in [-0.15, -0.1) is 0 Å². The summed E-state index contributed by atoms with van der Waals surface area (Å²) in [4.78, 5) is 24.6. The number of hydrogen-bond donors (Lipinski definition) is 2. The van der Waals surface area contributed by atoms with Gasteiger partial charge in [-0.3, -0.25) is 10.1 Å². The van der Waals surface area contributed by atoms with Gasteiger partial charge in [0.05, 0.1) is 28.7 Å². The first-order chi connectivity index (χ1) is 13.9. The number of nitrogens with one attached hydrogen (secondary N) is 2. The zero-order chi connectivity index (χ0) is 20.7. The van der Waals surface area contributed by atoms with Crippen molar-refractivity contribution in [1.82, 2.24) is 19.5 Å². The summed E-state index contributed by atoms with van der Waals surface area (Å²) in [6.07, 6.45) is 0. The van der Waals surface area contributed by atoms with Crippen molar-refractivity contribution in [3.05, 3.63) is 51.9 Å². The molecule has 8 nitrogen and oxygen atoms in total. The number of H-pyrrole nitrogens is 1. The maximum absolute atomic E-state index is 12.9. The highest BCUT2D eigenvalue weighted by Gasteiger charge is 2.21. The maximum Gasteiger partial charge on any atom is 0.259 e. The molecule has 0 aliphatic heterocycles. The third-order valence-corrected chi connectivity index (χ3v) is 5.58. The van der Waals surface area contributed by atoms with Crippen LogP contribution in [0.3, 0.4) is 0 Å². The number of ether oxygens (including phenoxy) is 1. The quantitative estimate of drug-likeness (QED) is 0.535. The molecular formula is C20H18N6O2S. The fourth-order valence-corrected chi connectivity index (χ4v) is 4.27. The second-order valence-corrected chi connectivity index (χ2v) is 7.72. The first kappa shape index (κ1) is 18.7. The smallest absolute Gasteiger partial charge is 0.259 e. The second-order valence-electron chi connectivity index (χ2n) is 6.54. The summed E-state index contributed by atoms with van der Waals surface area (Å²) in [6, 6.07) is 9.37. The summed E-state index contributed by atoms with van der Waals surface area (Å²) < 4.78 is 7.10. The molecule has 0 unspecified atom stereocenters. The standard InChI is InChI=1S/C20H18N6O2S/c1-10-7-14(11(2)26(10)19-17(9-21)22-12(3)29-19)18(27)25-20-23-15-6-5-13(28-4)8-16(15)24-20/h5-8H,1-4H3,(H2,23,24,25,27). The number of carbonyl (C=O) groups excluding carboxylic acids is 1. The number of rotatable bonds is 4. The minimum atomic E-state index is -0.282. The van der Waals surface area contributed by atoms with Crippen molar-refractivity contribution in [2.45, 2.75) is 20.8 Å². The number of fused-ring (bicyclic) bond motifs is 1. The van der Waals surface area contributed by atoms with Gasteiger partial charge in [-0.25, -0.2) is 9.97 Å². The summed E-state index contributed by atoms with van der Waals surface area (Å²) in [7, 11) is 1.60. The van der Waals surface area contributed by atoms with Crippen molar-refractivity contribution in [1.29, 1.82) is 5.26 Å². The SMILES string of the molecule is COc1ccc2nc(NC(=O)c3cc(C)n(-c4sc(C)nc4C#N)c3C)[nH]c2c1. The minimum absolute atomic E-state index is 0.282. The van der Waals surface area contributed by atoms with E-state index in [2.05, 4.69) is 26.3 Å². The van der Waals surface area contributed by atoms with Crippen LogP contribution in [0, 0.1) is 32.1 Å². The molecule has 1 amide bonds. The maximum atomic E-state index is 12.9. The molecule has 0 atom stereocenters. The fraction of sp³-hybridized carbons (Fsp3) is 0.200. The predicted octanol–water partition coefficient (Wildman–Crippen LogP) is 3.87. The van der Waals surface area contributed by atoms with Gasteiger partial charge in [0.2, 0.25) is 5.95 Å². The molecule has 0 saturated carbocycles. The third kappa shape index (κ3) is 3.23. The van der Waals surface area contributed by atoms with Gasteiger partial charge in [0, 0.05) is 17.5 Å². The Labute approximate surface area is 170 Å². The Morgan fingerprint density at radius 3 is 2.79 bits per heavy atom. The normalized spacial score (nSPS) is 10.9. The van der Waals surface area contributed by atoms with E-state index in [1.807, 2.05) is 43.5 Å². The molecule has 3 heterocycles. The van der Waals surface area contributed by atoms with E-state index in [0.29, 0.717) is 23.0 Å². The lowest BCUT2D eigenvalue weighted by atomic mass is 10.2. The average molecular weight is 406 g/mol. The second kappa shape index (κ2) is 7.07. The molecule has 9 heteroatoms. The van der Waals surface area contributed by atoms with Crippen molar-refractivity contribution in [3.63, 3.8) is 0 Å². The monoisotopic (exact) mass is 406 g/mol. The molecule has 0 fully saturated rings. The number of aryl methyl sites for hydroxylation is 2. The number of benzene rings is 1. The number of nitriles is 1. The zero-order valence-electron chi connectivity index (χ0n) is 16.3. The highest BCUT2D eigenvalue weighted by molar-refractivity contribution is 7.14. The Kier molecular flexibility index (Phi) is 4.56. The van der Waals surface area contributed by atoms with E-state index in [4.69, 9.17) is 4.74 Å². The Balaban J connectivity index is 1.67. The van der Waals surface area contributed by atoms with Gasteiger partial charge in [0.15, 0.2) is 5.69 Å². The van der Waals surface area contributed by atoms with Crippen molar-refractivity contribution >= 4 is 34.2 Å². The lowest BCUT2D eigenvalue weighted by molar-refractivity contribution is 0.102. The number of imidazole rings is 1. The molecule has 4 aromatic rings. The number of anilines is 1. The highest BCUT2D eigenvalue weighted by Crippen LogP contribution is 2.28. The molecular weight excluding hydrogens is 388 g/mol. The van der Waals surface area contributed by atoms with E-state index in [-0.39, 0.29) is 5.91 Å². The molecule has 4 rings (SSSR count). The van der Waals surface area contributed by atoms with E-state index in [1.165, 1.54) is 11.3 Å². The number of hydrogen-bond acceptors (Lipinski definition) is 6. The van der Waals surface area contributed by atoms with E-state index >= 15 is 0 Å². The van der Waals surface area contributed by atoms with Gasteiger partial charge in [-0.05, 0) is 39.0 Å². The van der Waals surface area contributed by atoms with Crippen LogP contribution >= 0.6 is 11.3 Å². The van der Waals surface area contributed by atoms with E-state index in [1.54, 1.807) is 13.2 Å². The first-order valence-corrected chi connectivity index (χ1v) is 9.65. The van der Waals surface area contributed by atoms with Crippen LogP contribution in [0.5, 0.6) is 5.75 Å². The highest BCUT2D eigenvalue weighted by atomic mass is 32.1. The van der Waals surface area contributed by atoms with Crippen molar-refractivity contribution < 1.29 is 9.53 Å². The average Bonchev–Trinajstić information content (AvgIpc) is 3.35. The van der Waals surface area contributed by atoms with Gasteiger partial charge < -0.3 is 14.3 Å². The fourth-order valence-electron chi connectivity index (χ4n) is 3.30. The van der Waals surface area contributed by atoms with Gasteiger partial charge >= 0.3 is 0 Å². The summed E-state index contributed by atoms with van der Waals surface area (Å²) in [5, 5.41) is 13.7. The largest absolute Gasteiger partial charge is 0.497 e. The van der Waals surface area contributed by atoms with Crippen LogP contribution in [0.25, 0.3) is 16.0 Å². The number of amides is 1. The third-order valence-electron chi connectivity index (χ3n) is 4.62. The zero-order valence-corrected chi connectivity index (χ0v) is 17.1. The topological polar surface area (TPSA) is 109 Å². The van der Waals surface area contributed by atoms with Gasteiger partial charge in [0.25, 0.3) is 5.91 Å². The van der Waals surface area contributed by atoms with E-state index in [0.717, 1.165) is 32.4 Å². The lowest BCUT2D eigenvalue weighted by Gasteiger charge is -2.07. The summed E-state index contributed by atoms with van der Waals surface area (Å²) in [6.45, 7) is 5.60. The number of carbonyl (C=O) groups is 1. The Morgan fingerprint density at radius 1 is 1.28 bits per heavy atom. The molecule has 29 heavy (non-hydrogen) atoms. The molecule has 0 aliphatic rings. The van der Waals surface area contributed by atoms with Crippen LogP contribution in [-0.4, -0.2) is 32.5 Å². The number of aromatic amines is 1. The number of methoxy groups -OCH3 is 1. The van der Waals surface area contributed by atoms with Crippen LogP contribution in [0.2, 0.25) is 0 Å². The van der Waals surface area contributed by atoms with Crippen LogP contribution in [0.15, 0.2) is 24.3 Å². The Bertz CT molecular complexity index is 1290. The molecule has 3 aromatic heterocycles. The lowest BCUT2D eigenvalue weighted by Crippen LogP contribution is -2.14. The van der Waals surface area contributed by atoms with Crippen LogP contribution in [0.4, 0.5) is 5.95 Å². The van der Waals surface area contributed by atoms with E-state index in [9.17, 15) is 10.1 Å². The molecule has 0 spiro atoms. The molecule has 2 N–H and O–H groups in total. The molecule has 0 aliphatic carbocycles. The number of nitrogens with zero attached hydrogens (tertiary/aromatic N) is 4.